The lowest BCUT2D eigenvalue weighted by atomic mass is 10.1. The van der Waals surface area contributed by atoms with Crippen LogP contribution >= 0.6 is 0 Å². The van der Waals surface area contributed by atoms with Crippen molar-refractivity contribution in [1.29, 1.82) is 0 Å². The molecule has 0 bridgehead atoms. The Bertz CT molecular complexity index is 1330. The van der Waals surface area contributed by atoms with Crippen molar-refractivity contribution in [1.82, 2.24) is 19.4 Å². The lowest BCUT2D eigenvalue weighted by Crippen LogP contribution is -2.48. The summed E-state index contributed by atoms with van der Waals surface area (Å²) in [5.74, 6) is 0.583. The topological polar surface area (TPSA) is 41.4 Å². The molecule has 5 nitrogen and oxygen atoms in total. The minimum absolute atomic E-state index is 0.0675. The van der Waals surface area contributed by atoms with Crippen LogP contribution in [-0.2, 0) is 19.3 Å². The van der Waals surface area contributed by atoms with Gasteiger partial charge in [-0.2, -0.15) is 13.2 Å². The van der Waals surface area contributed by atoms with E-state index in [1.807, 2.05) is 36.4 Å². The molecular formula is C27H25F3N4O. The lowest BCUT2D eigenvalue weighted by molar-refractivity contribution is -0.137. The first-order valence-corrected chi connectivity index (χ1v) is 11.6. The van der Waals surface area contributed by atoms with Gasteiger partial charge >= 0.3 is 6.18 Å². The van der Waals surface area contributed by atoms with Gasteiger partial charge in [-0.15, -0.1) is 0 Å². The molecule has 1 aromatic heterocycles. The average molecular weight is 479 g/mol. The fraction of sp³-hybridized carbons (Fsp3) is 0.259. The Hall–Kier alpha value is -3.65. The molecule has 2 heterocycles. The van der Waals surface area contributed by atoms with Crippen molar-refractivity contribution in [2.45, 2.75) is 19.3 Å². The van der Waals surface area contributed by atoms with E-state index in [4.69, 9.17) is 4.98 Å². The lowest BCUT2D eigenvalue weighted by Gasteiger charge is -2.34. The summed E-state index contributed by atoms with van der Waals surface area (Å²) in [7, 11) is 0. The van der Waals surface area contributed by atoms with Crippen LogP contribution < -0.4 is 0 Å². The van der Waals surface area contributed by atoms with Gasteiger partial charge in [0.05, 0.1) is 23.1 Å². The van der Waals surface area contributed by atoms with Crippen molar-refractivity contribution in [3.05, 3.63) is 101 Å². The number of nitrogens with zero attached hydrogens (tertiary/aromatic N) is 4. The van der Waals surface area contributed by atoms with Crippen molar-refractivity contribution >= 4 is 16.9 Å². The van der Waals surface area contributed by atoms with Crippen molar-refractivity contribution in [2.75, 3.05) is 26.2 Å². The fourth-order valence-corrected chi connectivity index (χ4v) is 4.51. The molecule has 0 aliphatic carbocycles. The van der Waals surface area contributed by atoms with E-state index < -0.39 is 11.7 Å². The monoisotopic (exact) mass is 478 g/mol. The Labute approximate surface area is 201 Å². The van der Waals surface area contributed by atoms with Gasteiger partial charge in [0.15, 0.2) is 0 Å². The number of alkyl halides is 3. The number of hydrogen-bond acceptors (Lipinski definition) is 3. The molecule has 5 rings (SSSR count). The first kappa shape index (κ1) is 23.1. The highest BCUT2D eigenvalue weighted by Crippen LogP contribution is 2.30. The number of para-hydroxylation sites is 2. The highest BCUT2D eigenvalue weighted by atomic mass is 19.4. The van der Waals surface area contributed by atoms with Gasteiger partial charge < -0.3 is 9.47 Å². The van der Waals surface area contributed by atoms with Crippen LogP contribution in [0.3, 0.4) is 0 Å². The highest BCUT2D eigenvalue weighted by molar-refractivity contribution is 5.94. The van der Waals surface area contributed by atoms with Gasteiger partial charge in [0.1, 0.15) is 5.82 Å². The SMILES string of the molecule is O=C(c1cccc(C(F)(F)F)c1)N1CCN(Cc2nc3ccccc3n2Cc2ccccc2)CC1. The average Bonchev–Trinajstić information content (AvgIpc) is 3.21. The van der Waals surface area contributed by atoms with Gasteiger partial charge in [-0.05, 0) is 35.9 Å². The van der Waals surface area contributed by atoms with Crippen LogP contribution in [0, 0.1) is 0 Å². The second kappa shape index (κ2) is 9.54. The number of piperazine rings is 1. The van der Waals surface area contributed by atoms with E-state index in [0.717, 1.165) is 29.0 Å². The van der Waals surface area contributed by atoms with Crippen LogP contribution in [0.15, 0.2) is 78.9 Å². The number of imidazole rings is 1. The molecule has 0 atom stereocenters. The van der Waals surface area contributed by atoms with Crippen molar-refractivity contribution in [3.63, 3.8) is 0 Å². The summed E-state index contributed by atoms with van der Waals surface area (Å²) in [5.41, 5.74) is 2.46. The standard InChI is InChI=1S/C27H25F3N4O/c28-27(29,30)22-10-6-9-21(17-22)26(35)33-15-13-32(14-16-33)19-25-31-23-11-4-5-12-24(23)34(25)18-20-7-2-1-3-8-20/h1-12,17H,13-16,18-19H2. The third-order valence-corrected chi connectivity index (χ3v) is 6.38. The van der Waals surface area contributed by atoms with Gasteiger partial charge in [-0.3, -0.25) is 9.69 Å². The number of rotatable bonds is 5. The largest absolute Gasteiger partial charge is 0.416 e. The van der Waals surface area contributed by atoms with E-state index in [0.29, 0.717) is 39.3 Å². The van der Waals surface area contributed by atoms with E-state index in [1.165, 1.54) is 17.7 Å². The van der Waals surface area contributed by atoms with Crippen LogP contribution in [0.4, 0.5) is 13.2 Å². The summed E-state index contributed by atoms with van der Waals surface area (Å²) in [6.07, 6.45) is -4.47. The van der Waals surface area contributed by atoms with E-state index in [1.54, 1.807) is 4.90 Å². The molecule has 180 valence electrons. The molecule has 4 aromatic rings. The maximum atomic E-state index is 13.0. The third-order valence-electron chi connectivity index (χ3n) is 6.38. The zero-order valence-corrected chi connectivity index (χ0v) is 19.1. The van der Waals surface area contributed by atoms with E-state index >= 15 is 0 Å². The number of carbonyl (C=O) groups is 1. The predicted molar refractivity (Wildman–Crippen MR) is 128 cm³/mol. The molecule has 3 aromatic carbocycles. The van der Waals surface area contributed by atoms with Crippen LogP contribution in [0.1, 0.15) is 27.3 Å². The molecule has 1 amide bonds. The summed E-state index contributed by atoms with van der Waals surface area (Å²) in [4.78, 5) is 21.6. The van der Waals surface area contributed by atoms with Gasteiger partial charge in [-0.1, -0.05) is 48.5 Å². The minimum atomic E-state index is -4.47. The molecule has 1 fully saturated rings. The molecule has 0 saturated carbocycles. The van der Waals surface area contributed by atoms with E-state index in [-0.39, 0.29) is 11.5 Å². The fourth-order valence-electron chi connectivity index (χ4n) is 4.51. The van der Waals surface area contributed by atoms with E-state index in [9.17, 15) is 18.0 Å². The number of fused-ring (bicyclic) bond motifs is 1. The van der Waals surface area contributed by atoms with Crippen LogP contribution in [0.5, 0.6) is 0 Å². The van der Waals surface area contributed by atoms with Gasteiger partial charge in [0.2, 0.25) is 0 Å². The molecule has 0 N–H and O–H groups in total. The third kappa shape index (κ3) is 5.07. The van der Waals surface area contributed by atoms with Gasteiger partial charge in [0.25, 0.3) is 5.91 Å². The molecule has 35 heavy (non-hydrogen) atoms. The Kier molecular flexibility index (Phi) is 6.30. The Morgan fingerprint density at radius 3 is 2.29 bits per heavy atom. The maximum absolute atomic E-state index is 13.0. The van der Waals surface area contributed by atoms with Crippen LogP contribution in [-0.4, -0.2) is 51.4 Å². The van der Waals surface area contributed by atoms with Gasteiger partial charge in [-0.25, -0.2) is 4.98 Å². The smallest absolute Gasteiger partial charge is 0.336 e. The second-order valence-corrected chi connectivity index (χ2v) is 8.74. The van der Waals surface area contributed by atoms with Crippen molar-refractivity contribution in [2.24, 2.45) is 0 Å². The summed E-state index contributed by atoms with van der Waals surface area (Å²) < 4.78 is 41.3. The van der Waals surface area contributed by atoms with Gasteiger partial charge in [0, 0.05) is 38.3 Å². The normalized spacial score (nSPS) is 15.0. The minimum Gasteiger partial charge on any atom is -0.336 e. The number of hydrogen-bond donors (Lipinski definition) is 0. The molecule has 0 unspecified atom stereocenters. The quantitative estimate of drug-likeness (QED) is 0.403. The molecule has 1 saturated heterocycles. The van der Waals surface area contributed by atoms with Crippen molar-refractivity contribution < 1.29 is 18.0 Å². The first-order chi connectivity index (χ1) is 16.9. The zero-order valence-electron chi connectivity index (χ0n) is 19.1. The number of aromatic nitrogens is 2. The summed E-state index contributed by atoms with van der Waals surface area (Å²) in [6, 6.07) is 22.9. The molecule has 1 aliphatic rings. The molecule has 0 spiro atoms. The molecule has 1 aliphatic heterocycles. The van der Waals surface area contributed by atoms with Crippen LogP contribution in [0.25, 0.3) is 11.0 Å². The molecule has 8 heteroatoms. The maximum Gasteiger partial charge on any atom is 0.416 e. The van der Waals surface area contributed by atoms with Crippen molar-refractivity contribution in [3.8, 4) is 0 Å². The number of halogens is 3. The summed E-state index contributed by atoms with van der Waals surface area (Å²) >= 11 is 0. The second-order valence-electron chi connectivity index (χ2n) is 8.74. The number of benzene rings is 3. The number of amides is 1. The highest BCUT2D eigenvalue weighted by Gasteiger charge is 2.32. The summed E-state index contributed by atoms with van der Waals surface area (Å²) in [6.45, 7) is 3.50. The van der Waals surface area contributed by atoms with Crippen LogP contribution in [0.2, 0.25) is 0 Å². The summed E-state index contributed by atoms with van der Waals surface area (Å²) in [5, 5.41) is 0. The Morgan fingerprint density at radius 1 is 0.829 bits per heavy atom. The Morgan fingerprint density at radius 2 is 1.54 bits per heavy atom. The number of carbonyl (C=O) groups excluding carboxylic acids is 1. The Balaban J connectivity index is 1.28. The predicted octanol–water partition coefficient (Wildman–Crippen LogP) is 5.06. The zero-order chi connectivity index (χ0) is 24.4. The van der Waals surface area contributed by atoms with E-state index in [2.05, 4.69) is 27.7 Å². The molecular weight excluding hydrogens is 453 g/mol. The first-order valence-electron chi connectivity index (χ1n) is 11.6. The molecule has 0 radical (unpaired) electrons.